The van der Waals surface area contributed by atoms with Crippen LogP contribution in [-0.2, 0) is 13.5 Å². The first-order valence-electron chi connectivity index (χ1n) is 8.96. The Morgan fingerprint density at radius 1 is 1.32 bits per heavy atom. The molecule has 3 heterocycles. The van der Waals surface area contributed by atoms with Crippen molar-refractivity contribution >= 4 is 16.8 Å². The van der Waals surface area contributed by atoms with E-state index in [0.29, 0.717) is 5.92 Å². The van der Waals surface area contributed by atoms with Crippen LogP contribution < -0.4 is 0 Å². The van der Waals surface area contributed by atoms with Gasteiger partial charge in [-0.1, -0.05) is 18.2 Å². The van der Waals surface area contributed by atoms with Crippen molar-refractivity contribution in [2.24, 2.45) is 13.0 Å². The van der Waals surface area contributed by atoms with Crippen molar-refractivity contribution < 1.29 is 4.79 Å². The SMILES string of the molecule is Cc1c(C(=O)N2CCC[C@@H](Cc3ccn[nH]3)C2)c2ccccc2n1C. The summed E-state index contributed by atoms with van der Waals surface area (Å²) in [7, 11) is 2.03. The minimum atomic E-state index is 0.170. The fourth-order valence-electron chi connectivity index (χ4n) is 4.07. The van der Waals surface area contributed by atoms with Gasteiger partial charge in [-0.05, 0) is 44.2 Å². The van der Waals surface area contributed by atoms with Crippen LogP contribution >= 0.6 is 0 Å². The van der Waals surface area contributed by atoms with Crippen molar-refractivity contribution in [3.8, 4) is 0 Å². The molecule has 5 heteroatoms. The molecule has 4 rings (SSSR count). The number of benzene rings is 1. The third kappa shape index (κ3) is 2.84. The summed E-state index contributed by atoms with van der Waals surface area (Å²) in [6.45, 7) is 3.71. The second-order valence-corrected chi connectivity index (χ2v) is 7.08. The maximum Gasteiger partial charge on any atom is 0.256 e. The van der Waals surface area contributed by atoms with Crippen molar-refractivity contribution in [1.29, 1.82) is 0 Å². The monoisotopic (exact) mass is 336 g/mol. The number of nitrogens with one attached hydrogen (secondary N) is 1. The number of fused-ring (bicyclic) bond motifs is 1. The maximum absolute atomic E-state index is 13.3. The standard InChI is InChI=1S/C20H24N4O/c1-14-19(17-7-3-4-8-18(17)23(14)2)20(25)24-11-5-6-15(13-24)12-16-9-10-21-22-16/h3-4,7-10,15H,5-6,11-13H2,1-2H3,(H,21,22)/t15-/m0/s1. The van der Waals surface area contributed by atoms with Crippen LogP contribution in [0.4, 0.5) is 0 Å². The van der Waals surface area contributed by atoms with Gasteiger partial charge >= 0.3 is 0 Å². The summed E-state index contributed by atoms with van der Waals surface area (Å²) in [4.78, 5) is 15.3. The molecule has 1 aromatic carbocycles. The molecule has 5 nitrogen and oxygen atoms in total. The largest absolute Gasteiger partial charge is 0.347 e. The van der Waals surface area contributed by atoms with E-state index in [1.54, 1.807) is 6.20 Å². The average Bonchev–Trinajstić information content (AvgIpc) is 3.22. The van der Waals surface area contributed by atoms with E-state index < -0.39 is 0 Å². The Balaban J connectivity index is 1.59. The van der Waals surface area contributed by atoms with Crippen LogP contribution in [0.25, 0.3) is 10.9 Å². The van der Waals surface area contributed by atoms with Gasteiger partial charge in [0.25, 0.3) is 5.91 Å². The lowest BCUT2D eigenvalue weighted by Crippen LogP contribution is -2.40. The summed E-state index contributed by atoms with van der Waals surface area (Å²) in [5.74, 6) is 0.664. The number of carbonyl (C=O) groups is 1. The quantitative estimate of drug-likeness (QED) is 0.798. The van der Waals surface area contributed by atoms with Gasteiger partial charge in [-0.25, -0.2) is 0 Å². The Morgan fingerprint density at radius 2 is 2.16 bits per heavy atom. The van der Waals surface area contributed by atoms with Gasteiger partial charge in [-0.3, -0.25) is 9.89 Å². The Kier molecular flexibility index (Phi) is 4.07. The predicted molar refractivity (Wildman–Crippen MR) is 98.6 cm³/mol. The smallest absolute Gasteiger partial charge is 0.256 e. The lowest BCUT2D eigenvalue weighted by atomic mass is 9.93. The zero-order valence-electron chi connectivity index (χ0n) is 14.8. The lowest BCUT2D eigenvalue weighted by Gasteiger charge is -2.32. The first kappa shape index (κ1) is 15.9. The highest BCUT2D eigenvalue weighted by Gasteiger charge is 2.28. The van der Waals surface area contributed by atoms with E-state index in [1.165, 1.54) is 0 Å². The summed E-state index contributed by atoms with van der Waals surface area (Å²) in [5, 5.41) is 8.13. The van der Waals surface area contributed by atoms with Gasteiger partial charge in [-0.2, -0.15) is 5.10 Å². The molecular formula is C20H24N4O. The van der Waals surface area contributed by atoms with Crippen LogP contribution in [-0.4, -0.2) is 38.7 Å². The van der Waals surface area contributed by atoms with Crippen molar-refractivity contribution in [3.63, 3.8) is 0 Å². The predicted octanol–water partition coefficient (Wildman–Crippen LogP) is 3.30. The number of aromatic nitrogens is 3. The number of carbonyl (C=O) groups excluding carboxylic acids is 1. The molecular weight excluding hydrogens is 312 g/mol. The van der Waals surface area contributed by atoms with E-state index in [4.69, 9.17) is 0 Å². The molecule has 0 bridgehead atoms. The number of aromatic amines is 1. The minimum absolute atomic E-state index is 0.170. The summed E-state index contributed by atoms with van der Waals surface area (Å²) >= 11 is 0. The molecule has 0 aliphatic carbocycles. The lowest BCUT2D eigenvalue weighted by molar-refractivity contribution is 0.0674. The van der Waals surface area contributed by atoms with E-state index in [0.717, 1.165) is 60.2 Å². The molecule has 2 aromatic heterocycles. The molecule has 1 aliphatic rings. The Hall–Kier alpha value is -2.56. The van der Waals surface area contributed by atoms with Crippen molar-refractivity contribution in [2.45, 2.75) is 26.2 Å². The number of hydrogen-bond acceptors (Lipinski definition) is 2. The summed E-state index contributed by atoms with van der Waals surface area (Å²) in [5.41, 5.74) is 4.18. The fraction of sp³-hybridized carbons (Fsp3) is 0.400. The van der Waals surface area contributed by atoms with E-state index in [9.17, 15) is 4.79 Å². The molecule has 0 unspecified atom stereocenters. The number of likely N-dealkylation sites (tertiary alicyclic amines) is 1. The highest BCUT2D eigenvalue weighted by molar-refractivity contribution is 6.08. The third-order valence-corrected chi connectivity index (χ3v) is 5.49. The van der Waals surface area contributed by atoms with Crippen LogP contribution in [0.1, 0.15) is 34.6 Å². The number of piperidine rings is 1. The molecule has 0 saturated carbocycles. The number of hydrogen-bond donors (Lipinski definition) is 1. The summed E-state index contributed by atoms with van der Waals surface area (Å²) in [6, 6.07) is 10.2. The first-order chi connectivity index (χ1) is 12.1. The maximum atomic E-state index is 13.3. The van der Waals surface area contributed by atoms with Crippen molar-refractivity contribution in [3.05, 3.63) is 53.5 Å². The molecule has 3 aromatic rings. The Morgan fingerprint density at radius 3 is 2.96 bits per heavy atom. The second kappa shape index (κ2) is 6.39. The highest BCUT2D eigenvalue weighted by atomic mass is 16.2. The molecule has 1 fully saturated rings. The first-order valence-corrected chi connectivity index (χ1v) is 8.96. The van der Waals surface area contributed by atoms with Crippen LogP contribution in [0.15, 0.2) is 36.5 Å². The van der Waals surface area contributed by atoms with Gasteiger partial charge in [0.2, 0.25) is 0 Å². The topological polar surface area (TPSA) is 53.9 Å². The number of para-hydroxylation sites is 1. The second-order valence-electron chi connectivity index (χ2n) is 7.08. The highest BCUT2D eigenvalue weighted by Crippen LogP contribution is 2.28. The number of amides is 1. The van der Waals surface area contributed by atoms with Gasteiger partial charge < -0.3 is 9.47 Å². The number of rotatable bonds is 3. The van der Waals surface area contributed by atoms with Crippen LogP contribution in [0, 0.1) is 12.8 Å². The molecule has 1 saturated heterocycles. The molecule has 1 N–H and O–H groups in total. The van der Waals surface area contributed by atoms with Crippen molar-refractivity contribution in [1.82, 2.24) is 19.7 Å². The van der Waals surface area contributed by atoms with Gasteiger partial charge in [0.15, 0.2) is 0 Å². The fourth-order valence-corrected chi connectivity index (χ4v) is 4.07. The van der Waals surface area contributed by atoms with Gasteiger partial charge in [0.05, 0.1) is 5.56 Å². The molecule has 0 spiro atoms. The van der Waals surface area contributed by atoms with E-state index in [1.807, 2.05) is 37.1 Å². The van der Waals surface area contributed by atoms with Crippen molar-refractivity contribution in [2.75, 3.05) is 13.1 Å². The number of aryl methyl sites for hydroxylation is 1. The normalized spacial score (nSPS) is 18.0. The van der Waals surface area contributed by atoms with Gasteiger partial charge in [0, 0.05) is 48.6 Å². The van der Waals surface area contributed by atoms with E-state index in [-0.39, 0.29) is 5.91 Å². The molecule has 25 heavy (non-hydrogen) atoms. The third-order valence-electron chi connectivity index (χ3n) is 5.49. The van der Waals surface area contributed by atoms with Crippen LogP contribution in [0.2, 0.25) is 0 Å². The van der Waals surface area contributed by atoms with E-state index in [2.05, 4.69) is 26.9 Å². The zero-order valence-corrected chi connectivity index (χ0v) is 14.8. The number of nitrogens with zero attached hydrogens (tertiary/aromatic N) is 3. The summed E-state index contributed by atoms with van der Waals surface area (Å²) in [6.07, 6.45) is 4.98. The number of H-pyrrole nitrogens is 1. The van der Waals surface area contributed by atoms with Crippen LogP contribution in [0.3, 0.4) is 0 Å². The zero-order chi connectivity index (χ0) is 17.4. The molecule has 130 valence electrons. The molecule has 1 atom stereocenters. The van der Waals surface area contributed by atoms with E-state index >= 15 is 0 Å². The Labute approximate surface area is 147 Å². The average molecular weight is 336 g/mol. The molecule has 0 radical (unpaired) electrons. The molecule has 1 aliphatic heterocycles. The molecule has 1 amide bonds. The van der Waals surface area contributed by atoms with Crippen LogP contribution in [0.5, 0.6) is 0 Å². The van der Waals surface area contributed by atoms with Gasteiger partial charge in [-0.15, -0.1) is 0 Å². The minimum Gasteiger partial charge on any atom is -0.347 e. The van der Waals surface area contributed by atoms with Gasteiger partial charge in [0.1, 0.15) is 0 Å². The Bertz CT molecular complexity index is 894. The summed E-state index contributed by atoms with van der Waals surface area (Å²) < 4.78 is 2.12.